The van der Waals surface area contributed by atoms with Crippen molar-refractivity contribution in [1.29, 1.82) is 0 Å². The molecule has 0 atom stereocenters. The molecule has 3 nitrogen and oxygen atoms in total. The van der Waals surface area contributed by atoms with Crippen molar-refractivity contribution in [2.24, 2.45) is 0 Å². The van der Waals surface area contributed by atoms with Gasteiger partial charge >= 0.3 is 0 Å². The molecular formula is C133H151NO2. The lowest BCUT2D eigenvalue weighted by molar-refractivity contribution is 0.394. The first-order valence-corrected chi connectivity index (χ1v) is 54.7. The van der Waals surface area contributed by atoms with Crippen LogP contribution in [0.1, 0.15) is 382 Å². The Morgan fingerprint density at radius 3 is 1.14 bits per heavy atom. The van der Waals surface area contributed by atoms with Crippen LogP contribution in [0.25, 0.3) is 133 Å². The Morgan fingerprint density at radius 2 is 0.574 bits per heavy atom. The molecule has 0 saturated carbocycles. The van der Waals surface area contributed by atoms with E-state index in [2.05, 4.69) is 323 Å². The SMILES string of the molecule is CCCCCCCCC1(CCCCCCCC)c2cc(N(c3ccc4c(c3)C(C)(C)c3cc(-c5ccc6c(c5)C(C)(C)c5cc(-c7ccc8c(c7)C(CCCCCCC)(CCCCCCC)c7ccccc7-8)ccc5-6)c5oc6ccccc6c5c3-4)c3ccccc3-c3ccccc3)ccc2-c2cc3c(cc21)-c1c(ccc2oc4ccccc4c12)C3(CCCCCCCC)CCCCCCCC. The van der Waals surface area contributed by atoms with Gasteiger partial charge in [-0.05, 0) is 257 Å². The van der Waals surface area contributed by atoms with Gasteiger partial charge in [0.25, 0.3) is 0 Å². The number of hydrogen-bond donors (Lipinski definition) is 0. The molecule has 15 aromatic rings. The summed E-state index contributed by atoms with van der Waals surface area (Å²) in [5, 5.41) is 4.95. The lowest BCUT2D eigenvalue weighted by Gasteiger charge is -2.35. The van der Waals surface area contributed by atoms with Crippen LogP contribution >= 0.6 is 0 Å². The molecule has 136 heavy (non-hydrogen) atoms. The highest BCUT2D eigenvalue weighted by molar-refractivity contribution is 6.20. The van der Waals surface area contributed by atoms with E-state index in [4.69, 9.17) is 8.83 Å². The first-order valence-electron chi connectivity index (χ1n) is 54.7. The number of fused-ring (bicyclic) bond motifs is 23. The summed E-state index contributed by atoms with van der Waals surface area (Å²) in [5.74, 6) is 0. The smallest absolute Gasteiger partial charge is 0.143 e. The fraction of sp³-hybridized carbons (Fsp3) is 0.414. The predicted octanol–water partition coefficient (Wildman–Crippen LogP) is 41.1. The van der Waals surface area contributed by atoms with E-state index >= 15 is 0 Å². The van der Waals surface area contributed by atoms with Gasteiger partial charge in [-0.15, -0.1) is 0 Å². The zero-order chi connectivity index (χ0) is 93.1. The van der Waals surface area contributed by atoms with Gasteiger partial charge in [0.1, 0.15) is 22.3 Å². The van der Waals surface area contributed by atoms with Crippen LogP contribution in [0.5, 0.6) is 0 Å². The maximum absolute atomic E-state index is 7.41. The average molecular weight is 1800 g/mol. The van der Waals surface area contributed by atoms with Crippen LogP contribution in [0.2, 0.25) is 0 Å². The largest absolute Gasteiger partial charge is 0.456 e. The minimum atomic E-state index is -0.422. The minimum absolute atomic E-state index is 0.0220. The number of furan rings is 2. The summed E-state index contributed by atoms with van der Waals surface area (Å²) < 4.78 is 14.4. The van der Waals surface area contributed by atoms with Gasteiger partial charge in [0, 0.05) is 71.1 Å². The Hall–Kier alpha value is -10.7. The van der Waals surface area contributed by atoms with Crippen molar-refractivity contribution >= 4 is 60.9 Å². The van der Waals surface area contributed by atoms with Gasteiger partial charge in [-0.3, -0.25) is 0 Å². The number of unbranched alkanes of at least 4 members (excludes halogenated alkanes) is 28. The molecule has 0 unspecified atom stereocenters. The van der Waals surface area contributed by atoms with Crippen LogP contribution < -0.4 is 4.90 Å². The van der Waals surface area contributed by atoms with Crippen molar-refractivity contribution in [2.45, 2.75) is 353 Å². The summed E-state index contributed by atoms with van der Waals surface area (Å²) in [6, 6.07) is 99.3. The highest BCUT2D eigenvalue weighted by Crippen LogP contribution is 2.66. The fourth-order valence-corrected chi connectivity index (χ4v) is 26.9. The van der Waals surface area contributed by atoms with Gasteiger partial charge in [-0.2, -0.15) is 0 Å². The summed E-state index contributed by atoms with van der Waals surface area (Å²) in [4.78, 5) is 2.69. The van der Waals surface area contributed by atoms with Crippen LogP contribution in [0, 0.1) is 0 Å². The lowest BCUT2D eigenvalue weighted by atomic mass is 9.68. The molecule has 0 bridgehead atoms. The molecule has 0 N–H and O–H groups in total. The summed E-state index contributed by atoms with van der Waals surface area (Å²) in [6.07, 6.45) is 50.6. The van der Waals surface area contributed by atoms with Crippen LogP contribution in [-0.4, -0.2) is 0 Å². The maximum atomic E-state index is 7.41. The molecule has 700 valence electrons. The number of nitrogens with zero attached hydrogens (tertiary/aromatic N) is 1. The van der Waals surface area contributed by atoms with E-state index < -0.39 is 5.41 Å². The molecule has 20 rings (SSSR count). The number of rotatable bonds is 46. The first-order chi connectivity index (χ1) is 66.7. The van der Waals surface area contributed by atoms with Crippen molar-refractivity contribution in [3.63, 3.8) is 0 Å². The Labute approximate surface area is 815 Å². The third-order valence-electron chi connectivity index (χ3n) is 34.2. The second-order valence-electron chi connectivity index (χ2n) is 43.5. The molecule has 0 spiro atoms. The number of para-hydroxylation sites is 3. The van der Waals surface area contributed by atoms with Crippen molar-refractivity contribution < 1.29 is 8.83 Å². The molecule has 2 heterocycles. The van der Waals surface area contributed by atoms with Gasteiger partial charge in [-0.25, -0.2) is 0 Å². The number of anilines is 3. The first kappa shape index (κ1) is 92.9. The molecule has 0 fully saturated rings. The zero-order valence-electron chi connectivity index (χ0n) is 84.2. The second kappa shape index (κ2) is 40.4. The van der Waals surface area contributed by atoms with E-state index in [9.17, 15) is 0 Å². The molecule has 5 aliphatic rings. The van der Waals surface area contributed by atoms with Crippen LogP contribution in [0.3, 0.4) is 0 Å². The Bertz CT molecular complexity index is 6760. The van der Waals surface area contributed by atoms with E-state index in [1.54, 1.807) is 27.8 Å². The zero-order valence-corrected chi connectivity index (χ0v) is 84.2. The van der Waals surface area contributed by atoms with Gasteiger partial charge in [0.05, 0.1) is 5.69 Å². The molecule has 13 aromatic carbocycles. The summed E-state index contributed by atoms with van der Waals surface area (Å²) in [5.41, 5.74) is 42.8. The Balaban J connectivity index is 0.714. The third kappa shape index (κ3) is 16.8. The molecule has 5 aliphatic carbocycles. The molecule has 0 radical (unpaired) electrons. The van der Waals surface area contributed by atoms with Crippen molar-refractivity contribution in [3.05, 3.63) is 304 Å². The normalized spacial score (nSPS) is 14.8. The standard InChI is InChI=1S/C133H151NO2/c1-11-17-23-29-35-52-80-132(81-53-36-30-24-18-12-2)111-76-77-123-126(105-60-44-48-64-121(105)135-123)125(111)109-91-117-108(90-118(109)132)103-74-69-97(88-116(103)133(117,82-54-37-31-25-19-13-3)83-55-38-32-26-20-14-4)134(120-63-47-43-58-98(120)92-56-40-39-41-57-92)96-70-75-104-114(87-96)130(9,10)119-89-107(128-127(124(104)119)106-61-45-49-65-122(106)136-128)95-68-73-101-100-71-66-93(84-112(100)129(7,8)113(101)86-95)94-67-72-102-99-59-42-46-62-110(99)131(115(102)85-94,78-50-33-27-21-15-5)79-51-34-28-22-16-6/h39-49,56-77,84-91H,11-38,50-55,78-83H2,1-10H3. The average Bonchev–Trinajstić information content (AvgIpc) is 1.51. The van der Waals surface area contributed by atoms with Gasteiger partial charge in [0.15, 0.2) is 0 Å². The molecular weight excluding hydrogens is 1640 g/mol. The molecule has 0 saturated heterocycles. The Morgan fingerprint density at radius 1 is 0.213 bits per heavy atom. The molecule has 3 heteroatoms. The Kier molecular flexibility index (Phi) is 27.6. The monoisotopic (exact) mass is 1790 g/mol. The summed E-state index contributed by atoms with van der Waals surface area (Å²) in [7, 11) is 0. The number of hydrogen-bond acceptors (Lipinski definition) is 3. The van der Waals surface area contributed by atoms with Crippen molar-refractivity contribution in [2.75, 3.05) is 4.90 Å². The number of benzene rings is 13. The van der Waals surface area contributed by atoms with Crippen LogP contribution in [0.15, 0.2) is 258 Å². The van der Waals surface area contributed by atoms with E-state index in [0.29, 0.717) is 0 Å². The second-order valence-corrected chi connectivity index (χ2v) is 43.5. The maximum Gasteiger partial charge on any atom is 0.143 e. The minimum Gasteiger partial charge on any atom is -0.456 e. The summed E-state index contributed by atoms with van der Waals surface area (Å²) >= 11 is 0. The van der Waals surface area contributed by atoms with Crippen LogP contribution in [0.4, 0.5) is 17.1 Å². The highest BCUT2D eigenvalue weighted by Gasteiger charge is 2.51. The highest BCUT2D eigenvalue weighted by atomic mass is 16.3. The molecule has 0 amide bonds. The van der Waals surface area contributed by atoms with Gasteiger partial charge in [-0.1, -0.05) is 451 Å². The topological polar surface area (TPSA) is 29.5 Å². The molecule has 0 aliphatic heterocycles. The van der Waals surface area contributed by atoms with Crippen molar-refractivity contribution in [3.8, 4) is 89.0 Å². The van der Waals surface area contributed by atoms with Crippen LogP contribution in [-0.2, 0) is 27.1 Å². The predicted molar refractivity (Wildman–Crippen MR) is 584 cm³/mol. The van der Waals surface area contributed by atoms with E-state index in [0.717, 1.165) is 40.7 Å². The van der Waals surface area contributed by atoms with Crippen molar-refractivity contribution in [1.82, 2.24) is 0 Å². The fourth-order valence-electron chi connectivity index (χ4n) is 26.9. The quantitative estimate of drug-likeness (QED) is 0.0356. The lowest BCUT2D eigenvalue weighted by Crippen LogP contribution is -2.27. The van der Waals surface area contributed by atoms with E-state index in [1.165, 1.54) is 394 Å². The van der Waals surface area contributed by atoms with E-state index in [1.807, 2.05) is 0 Å². The van der Waals surface area contributed by atoms with Gasteiger partial charge < -0.3 is 13.7 Å². The third-order valence-corrected chi connectivity index (χ3v) is 34.2. The van der Waals surface area contributed by atoms with Gasteiger partial charge in [0.2, 0.25) is 0 Å². The summed E-state index contributed by atoms with van der Waals surface area (Å²) in [6.45, 7) is 24.2. The molecule has 2 aromatic heterocycles. The van der Waals surface area contributed by atoms with E-state index in [-0.39, 0.29) is 21.7 Å².